The van der Waals surface area contributed by atoms with Gasteiger partial charge in [0.05, 0.1) is 0 Å². The molecule has 3 nitrogen and oxygen atoms in total. The number of carboxylic acid groups (broad SMARTS) is 1. The fraction of sp³-hybridized carbons (Fsp3) is 0.143. The van der Waals surface area contributed by atoms with Crippen molar-refractivity contribution in [1.29, 1.82) is 0 Å². The number of carboxylic acids is 1. The molecular weight excluding hydrogens is 169 g/mol. The Bertz CT molecular complexity index is 148. The summed E-state index contributed by atoms with van der Waals surface area (Å²) in [7, 11) is 0. The number of aromatic nitrogens is 1. The summed E-state index contributed by atoms with van der Waals surface area (Å²) < 4.78 is 0. The van der Waals surface area contributed by atoms with E-state index in [0.717, 1.165) is 6.92 Å². The van der Waals surface area contributed by atoms with Gasteiger partial charge in [-0.1, -0.05) is 12.4 Å². The first-order valence-electron chi connectivity index (χ1n) is 2.70. The van der Waals surface area contributed by atoms with Crippen molar-refractivity contribution in [2.75, 3.05) is 0 Å². The Hall–Kier alpha value is 0.256. The molecule has 1 heterocycles. The van der Waals surface area contributed by atoms with Crippen LogP contribution in [0.1, 0.15) is 6.92 Å². The van der Waals surface area contributed by atoms with E-state index in [2.05, 4.69) is 11.2 Å². The molecule has 0 saturated heterocycles. The number of hydrogen-bond donors (Lipinski definition) is 1. The van der Waals surface area contributed by atoms with Gasteiger partial charge < -0.3 is 10.1 Å². The summed E-state index contributed by atoms with van der Waals surface area (Å²) in [6.45, 7) is 1.08. The van der Waals surface area contributed by atoms with Crippen LogP contribution in [0.25, 0.3) is 0 Å². The standard InChI is InChI=1S/C5H4N.C2H4O2.K/c1-2-4-6-5-3-1;1-2(3)4;/h1-4H;1H3,(H,3,4);/q-1;;+1. The van der Waals surface area contributed by atoms with Crippen LogP contribution in [0.2, 0.25) is 0 Å². The molecule has 1 N–H and O–H groups in total. The van der Waals surface area contributed by atoms with Crippen LogP contribution in [-0.2, 0) is 4.79 Å². The second kappa shape index (κ2) is 10.3. The molecule has 0 aliphatic carbocycles. The van der Waals surface area contributed by atoms with Crippen molar-refractivity contribution >= 4 is 5.97 Å². The largest absolute Gasteiger partial charge is 1.00 e. The van der Waals surface area contributed by atoms with E-state index in [0.29, 0.717) is 0 Å². The third-order valence-corrected chi connectivity index (χ3v) is 0.517. The third-order valence-electron chi connectivity index (χ3n) is 0.517. The van der Waals surface area contributed by atoms with Crippen molar-refractivity contribution in [2.45, 2.75) is 6.92 Å². The van der Waals surface area contributed by atoms with Crippen molar-refractivity contribution in [3.63, 3.8) is 0 Å². The van der Waals surface area contributed by atoms with Crippen molar-refractivity contribution in [3.8, 4) is 0 Å². The van der Waals surface area contributed by atoms with E-state index in [1.807, 2.05) is 12.1 Å². The minimum atomic E-state index is -0.833. The zero-order valence-corrected chi connectivity index (χ0v) is 9.74. The van der Waals surface area contributed by atoms with E-state index < -0.39 is 5.97 Å². The minimum Gasteiger partial charge on any atom is -0.481 e. The predicted molar refractivity (Wildman–Crippen MR) is 36.4 cm³/mol. The molecule has 0 aliphatic heterocycles. The summed E-state index contributed by atoms with van der Waals surface area (Å²) in [4.78, 5) is 12.7. The van der Waals surface area contributed by atoms with Gasteiger partial charge in [0.2, 0.25) is 0 Å². The Labute approximate surface area is 108 Å². The monoisotopic (exact) mass is 177 g/mol. The first-order chi connectivity index (χ1) is 4.73. The van der Waals surface area contributed by atoms with E-state index in [1.165, 1.54) is 0 Å². The molecule has 0 spiro atoms. The maximum absolute atomic E-state index is 9.00. The Balaban J connectivity index is 0. The number of rotatable bonds is 0. The van der Waals surface area contributed by atoms with Gasteiger partial charge in [-0.25, -0.2) is 0 Å². The van der Waals surface area contributed by atoms with Gasteiger partial charge in [-0.15, -0.1) is 0 Å². The molecule has 0 atom stereocenters. The molecule has 0 unspecified atom stereocenters. The van der Waals surface area contributed by atoms with Crippen LogP contribution in [-0.4, -0.2) is 16.1 Å². The smallest absolute Gasteiger partial charge is 0.481 e. The molecule has 0 amide bonds. The first-order valence-corrected chi connectivity index (χ1v) is 2.70. The summed E-state index contributed by atoms with van der Waals surface area (Å²) in [6, 6.07) is 5.50. The second-order valence-corrected chi connectivity index (χ2v) is 1.48. The van der Waals surface area contributed by atoms with E-state index in [-0.39, 0.29) is 51.4 Å². The number of hydrogen-bond acceptors (Lipinski definition) is 2. The molecule has 54 valence electrons. The van der Waals surface area contributed by atoms with Crippen molar-refractivity contribution in [3.05, 3.63) is 30.6 Å². The van der Waals surface area contributed by atoms with Gasteiger partial charge in [0, 0.05) is 6.92 Å². The van der Waals surface area contributed by atoms with Gasteiger partial charge in [0.1, 0.15) is 0 Å². The van der Waals surface area contributed by atoms with Crippen LogP contribution in [0.4, 0.5) is 0 Å². The molecule has 0 aliphatic rings. The molecule has 0 saturated carbocycles. The normalized spacial score (nSPS) is 6.64. The SMILES string of the molecule is CC(=O)O.[K+].[c-]1ccccn1. The fourth-order valence-corrected chi connectivity index (χ4v) is 0.277. The zero-order chi connectivity index (χ0) is 7.82. The van der Waals surface area contributed by atoms with Crippen molar-refractivity contribution in [1.82, 2.24) is 4.98 Å². The van der Waals surface area contributed by atoms with Crippen LogP contribution >= 0.6 is 0 Å². The van der Waals surface area contributed by atoms with Crippen LogP contribution in [0.3, 0.4) is 0 Å². The molecule has 1 rings (SSSR count). The maximum atomic E-state index is 9.00. The fourth-order valence-electron chi connectivity index (χ4n) is 0.277. The Morgan fingerprint density at radius 1 is 1.55 bits per heavy atom. The van der Waals surface area contributed by atoms with Gasteiger partial charge >= 0.3 is 51.4 Å². The molecule has 4 heteroatoms. The maximum Gasteiger partial charge on any atom is 1.00 e. The summed E-state index contributed by atoms with van der Waals surface area (Å²) in [6.07, 6.45) is 4.34. The van der Waals surface area contributed by atoms with Crippen LogP contribution in [0.15, 0.2) is 24.4 Å². The molecular formula is C7H8KNO2. The van der Waals surface area contributed by atoms with Crippen LogP contribution in [0, 0.1) is 6.20 Å². The molecule has 1 aromatic heterocycles. The number of aliphatic carboxylic acids is 1. The quantitative estimate of drug-likeness (QED) is 0.367. The average Bonchev–Trinajstić information content (AvgIpc) is 1.90. The summed E-state index contributed by atoms with van der Waals surface area (Å²) in [5.74, 6) is -0.833. The van der Waals surface area contributed by atoms with E-state index in [1.54, 1.807) is 12.3 Å². The van der Waals surface area contributed by atoms with E-state index >= 15 is 0 Å². The van der Waals surface area contributed by atoms with Gasteiger partial charge in [-0.2, -0.15) is 18.2 Å². The number of nitrogens with zero attached hydrogens (tertiary/aromatic N) is 1. The molecule has 1 aromatic rings. The zero-order valence-electron chi connectivity index (χ0n) is 6.61. The van der Waals surface area contributed by atoms with Crippen LogP contribution in [0.5, 0.6) is 0 Å². The first kappa shape index (κ1) is 13.8. The Kier molecular flexibility index (Phi) is 12.9. The Morgan fingerprint density at radius 2 is 2.09 bits per heavy atom. The third kappa shape index (κ3) is 17.9. The van der Waals surface area contributed by atoms with Crippen LogP contribution < -0.4 is 51.4 Å². The number of pyridine rings is 1. The predicted octanol–water partition coefficient (Wildman–Crippen LogP) is -2.02. The van der Waals surface area contributed by atoms with Gasteiger partial charge in [0.15, 0.2) is 0 Å². The second-order valence-electron chi connectivity index (χ2n) is 1.48. The summed E-state index contributed by atoms with van der Waals surface area (Å²) >= 11 is 0. The molecule has 0 bridgehead atoms. The molecule has 0 aromatic carbocycles. The molecule has 11 heavy (non-hydrogen) atoms. The molecule has 0 radical (unpaired) electrons. The average molecular weight is 177 g/mol. The Morgan fingerprint density at radius 3 is 2.18 bits per heavy atom. The summed E-state index contributed by atoms with van der Waals surface area (Å²) in [5.41, 5.74) is 0. The van der Waals surface area contributed by atoms with Gasteiger partial charge in [0.25, 0.3) is 5.97 Å². The van der Waals surface area contributed by atoms with E-state index in [4.69, 9.17) is 9.90 Å². The van der Waals surface area contributed by atoms with Crippen molar-refractivity contribution in [2.24, 2.45) is 0 Å². The topological polar surface area (TPSA) is 50.2 Å². The van der Waals surface area contributed by atoms with Gasteiger partial charge in [-0.3, -0.25) is 4.79 Å². The van der Waals surface area contributed by atoms with Gasteiger partial charge in [-0.05, 0) is 0 Å². The molecule has 0 fully saturated rings. The number of carbonyl (C=O) groups is 1. The minimum absolute atomic E-state index is 0. The summed E-state index contributed by atoms with van der Waals surface area (Å²) in [5, 5.41) is 7.42. The van der Waals surface area contributed by atoms with Crippen molar-refractivity contribution < 1.29 is 61.3 Å². The van der Waals surface area contributed by atoms with E-state index in [9.17, 15) is 0 Å².